The molecule has 1 aliphatic heterocycles. The Bertz CT molecular complexity index is 755. The van der Waals surface area contributed by atoms with Crippen LogP contribution in [0.15, 0.2) is 36.4 Å². The molecule has 1 heterocycles. The molecule has 3 rings (SSSR count). The lowest BCUT2D eigenvalue weighted by atomic mass is 10.1. The van der Waals surface area contributed by atoms with Crippen molar-refractivity contribution >= 4 is 40.0 Å². The number of ketones is 1. The highest BCUT2D eigenvalue weighted by molar-refractivity contribution is 14.1. The molecule has 0 radical (unpaired) electrons. The van der Waals surface area contributed by atoms with Gasteiger partial charge in [0.2, 0.25) is 6.79 Å². The first-order valence-corrected chi connectivity index (χ1v) is 7.64. The summed E-state index contributed by atoms with van der Waals surface area (Å²) in [5, 5.41) is 2.76. The molecule has 2 aromatic rings. The first-order valence-electron chi connectivity index (χ1n) is 6.56. The number of ether oxygens (including phenoxy) is 2. The van der Waals surface area contributed by atoms with Crippen LogP contribution in [0.2, 0.25) is 0 Å². The smallest absolute Gasteiger partial charge is 0.255 e. The summed E-state index contributed by atoms with van der Waals surface area (Å²) in [4.78, 5) is 24.1. The second-order valence-corrected chi connectivity index (χ2v) is 6.01. The highest BCUT2D eigenvalue weighted by Gasteiger charge is 2.20. The van der Waals surface area contributed by atoms with Gasteiger partial charge < -0.3 is 14.8 Å². The molecule has 0 aromatic heterocycles. The van der Waals surface area contributed by atoms with Gasteiger partial charge in [-0.2, -0.15) is 0 Å². The van der Waals surface area contributed by atoms with Crippen LogP contribution in [0.3, 0.4) is 0 Å². The summed E-state index contributed by atoms with van der Waals surface area (Å²) in [6, 6.07) is 10.4. The third-order valence-corrected chi connectivity index (χ3v) is 3.97. The molecule has 1 aliphatic rings. The Hall–Kier alpha value is -2.09. The van der Waals surface area contributed by atoms with Gasteiger partial charge in [0.15, 0.2) is 17.3 Å². The van der Waals surface area contributed by atoms with E-state index in [1.54, 1.807) is 24.3 Å². The highest BCUT2D eigenvalue weighted by Crippen LogP contribution is 2.37. The first-order chi connectivity index (χ1) is 10.5. The maximum atomic E-state index is 12.3. The molecule has 2 aromatic carbocycles. The van der Waals surface area contributed by atoms with Gasteiger partial charge in [0.05, 0.1) is 5.69 Å². The molecule has 0 saturated heterocycles. The number of amides is 1. The third kappa shape index (κ3) is 2.92. The third-order valence-electron chi connectivity index (χ3n) is 3.25. The van der Waals surface area contributed by atoms with Crippen molar-refractivity contribution in [3.8, 4) is 11.5 Å². The largest absolute Gasteiger partial charge is 0.454 e. The van der Waals surface area contributed by atoms with E-state index in [-0.39, 0.29) is 18.5 Å². The van der Waals surface area contributed by atoms with Crippen LogP contribution in [0, 0.1) is 3.57 Å². The molecule has 1 amide bonds. The quantitative estimate of drug-likeness (QED) is 0.623. The predicted octanol–water partition coefficient (Wildman–Crippen LogP) is 3.47. The Labute approximate surface area is 140 Å². The fourth-order valence-electron chi connectivity index (χ4n) is 2.13. The SMILES string of the molecule is CC(=O)c1cc2c(cc1NC(=O)c1ccc(I)cc1)OCO2. The van der Waals surface area contributed by atoms with E-state index in [1.165, 1.54) is 6.92 Å². The molecule has 112 valence electrons. The molecule has 1 N–H and O–H groups in total. The van der Waals surface area contributed by atoms with Gasteiger partial charge >= 0.3 is 0 Å². The number of carbonyl (C=O) groups is 2. The molecule has 22 heavy (non-hydrogen) atoms. The average molecular weight is 409 g/mol. The van der Waals surface area contributed by atoms with E-state index >= 15 is 0 Å². The van der Waals surface area contributed by atoms with E-state index in [2.05, 4.69) is 27.9 Å². The van der Waals surface area contributed by atoms with Crippen LogP contribution in [0.4, 0.5) is 5.69 Å². The summed E-state index contributed by atoms with van der Waals surface area (Å²) in [5.74, 6) is 0.592. The van der Waals surface area contributed by atoms with Crippen molar-refractivity contribution in [1.29, 1.82) is 0 Å². The van der Waals surface area contributed by atoms with E-state index in [4.69, 9.17) is 9.47 Å². The van der Waals surface area contributed by atoms with Crippen molar-refractivity contribution in [1.82, 2.24) is 0 Å². The topological polar surface area (TPSA) is 64.6 Å². The number of hydrogen-bond donors (Lipinski definition) is 1. The molecular weight excluding hydrogens is 397 g/mol. The second kappa shape index (κ2) is 5.96. The van der Waals surface area contributed by atoms with Gasteiger partial charge in [-0.15, -0.1) is 0 Å². The highest BCUT2D eigenvalue weighted by atomic mass is 127. The summed E-state index contributed by atoms with van der Waals surface area (Å²) >= 11 is 2.17. The van der Waals surface area contributed by atoms with Gasteiger partial charge in [-0.3, -0.25) is 9.59 Å². The number of halogens is 1. The molecule has 0 atom stereocenters. The zero-order valence-corrected chi connectivity index (χ0v) is 13.8. The Kier molecular flexibility index (Phi) is 4.02. The van der Waals surface area contributed by atoms with Crippen LogP contribution in [-0.4, -0.2) is 18.5 Å². The predicted molar refractivity (Wildman–Crippen MR) is 89.7 cm³/mol. The van der Waals surface area contributed by atoms with Crippen LogP contribution in [0.5, 0.6) is 11.5 Å². The number of Topliss-reactive ketones (excluding diaryl/α,β-unsaturated/α-hetero) is 1. The fraction of sp³-hybridized carbons (Fsp3) is 0.125. The number of hydrogen-bond acceptors (Lipinski definition) is 4. The van der Waals surface area contributed by atoms with Crippen molar-refractivity contribution in [2.24, 2.45) is 0 Å². The molecule has 0 aliphatic carbocycles. The molecular formula is C16H12INO4. The zero-order valence-electron chi connectivity index (χ0n) is 11.7. The van der Waals surface area contributed by atoms with Gasteiger partial charge in [0.1, 0.15) is 0 Å². The minimum atomic E-state index is -0.280. The van der Waals surface area contributed by atoms with E-state index in [9.17, 15) is 9.59 Å². The van der Waals surface area contributed by atoms with E-state index < -0.39 is 0 Å². The summed E-state index contributed by atoms with van der Waals surface area (Å²) < 4.78 is 11.6. The van der Waals surface area contributed by atoms with Crippen molar-refractivity contribution in [3.05, 3.63) is 51.1 Å². The molecule has 5 nitrogen and oxygen atoms in total. The second-order valence-electron chi connectivity index (χ2n) is 4.77. The minimum absolute atomic E-state index is 0.112. The molecule has 0 spiro atoms. The normalized spacial score (nSPS) is 12.1. The lowest BCUT2D eigenvalue weighted by molar-refractivity contribution is 0.101. The van der Waals surface area contributed by atoms with Gasteiger partial charge in [0.25, 0.3) is 5.91 Å². The summed E-state index contributed by atoms with van der Waals surface area (Å²) in [6.07, 6.45) is 0. The van der Waals surface area contributed by atoms with Gasteiger partial charge in [-0.1, -0.05) is 0 Å². The van der Waals surface area contributed by atoms with Crippen LogP contribution < -0.4 is 14.8 Å². The van der Waals surface area contributed by atoms with Crippen molar-refractivity contribution in [2.75, 3.05) is 12.1 Å². The number of fused-ring (bicyclic) bond motifs is 1. The lowest BCUT2D eigenvalue weighted by Crippen LogP contribution is -2.14. The Balaban J connectivity index is 1.92. The maximum Gasteiger partial charge on any atom is 0.255 e. The van der Waals surface area contributed by atoms with E-state index in [0.29, 0.717) is 28.3 Å². The minimum Gasteiger partial charge on any atom is -0.454 e. The van der Waals surface area contributed by atoms with Crippen molar-refractivity contribution in [2.45, 2.75) is 6.92 Å². The van der Waals surface area contributed by atoms with Crippen LogP contribution in [0.25, 0.3) is 0 Å². The molecule has 0 unspecified atom stereocenters. The Morgan fingerprint density at radius 3 is 2.36 bits per heavy atom. The summed E-state index contributed by atoms with van der Waals surface area (Å²) in [6.45, 7) is 1.55. The van der Waals surface area contributed by atoms with Gasteiger partial charge in [-0.25, -0.2) is 0 Å². The number of carbonyl (C=O) groups excluding carboxylic acids is 2. The molecule has 0 bridgehead atoms. The average Bonchev–Trinajstić information content (AvgIpc) is 2.94. The summed E-state index contributed by atoms with van der Waals surface area (Å²) in [7, 11) is 0. The zero-order chi connectivity index (χ0) is 15.7. The first kappa shape index (κ1) is 14.8. The van der Waals surface area contributed by atoms with Crippen molar-refractivity contribution in [3.63, 3.8) is 0 Å². The molecule has 0 saturated carbocycles. The van der Waals surface area contributed by atoms with Crippen molar-refractivity contribution < 1.29 is 19.1 Å². The van der Waals surface area contributed by atoms with Gasteiger partial charge in [0, 0.05) is 20.8 Å². The van der Waals surface area contributed by atoms with Gasteiger partial charge in [-0.05, 0) is 59.8 Å². The van der Waals surface area contributed by atoms with Crippen LogP contribution in [-0.2, 0) is 0 Å². The molecule has 0 fully saturated rings. The fourth-order valence-corrected chi connectivity index (χ4v) is 2.49. The number of benzene rings is 2. The monoisotopic (exact) mass is 409 g/mol. The number of anilines is 1. The Morgan fingerprint density at radius 2 is 1.73 bits per heavy atom. The van der Waals surface area contributed by atoms with E-state index in [0.717, 1.165) is 3.57 Å². The number of nitrogens with one attached hydrogen (secondary N) is 1. The van der Waals surface area contributed by atoms with Crippen LogP contribution >= 0.6 is 22.6 Å². The number of rotatable bonds is 3. The standard InChI is InChI=1S/C16H12INO4/c1-9(19)12-6-14-15(22-8-21-14)7-13(12)18-16(20)10-2-4-11(17)5-3-10/h2-7H,8H2,1H3,(H,18,20). The Morgan fingerprint density at radius 1 is 1.09 bits per heavy atom. The maximum absolute atomic E-state index is 12.3. The molecule has 6 heteroatoms. The van der Waals surface area contributed by atoms with E-state index in [1.807, 2.05) is 12.1 Å². The lowest BCUT2D eigenvalue weighted by Gasteiger charge is -2.10. The summed E-state index contributed by atoms with van der Waals surface area (Å²) in [5.41, 5.74) is 1.33. The van der Waals surface area contributed by atoms with Crippen LogP contribution in [0.1, 0.15) is 27.6 Å².